The van der Waals surface area contributed by atoms with Crippen molar-refractivity contribution in [2.45, 2.75) is 91.1 Å². The molecule has 9 nitrogen and oxygen atoms in total. The molecule has 0 bridgehead atoms. The van der Waals surface area contributed by atoms with Crippen molar-refractivity contribution in [2.24, 2.45) is 0 Å². The summed E-state index contributed by atoms with van der Waals surface area (Å²) >= 11 is 6.94. The van der Waals surface area contributed by atoms with E-state index in [0.717, 1.165) is 102 Å². The van der Waals surface area contributed by atoms with Crippen LogP contribution >= 0.6 is 24.0 Å². The fraction of sp³-hybridized carbons (Fsp3) is 0.528. The molecule has 0 atom stereocenters. The Hall–Kier alpha value is -3.46. The first-order chi connectivity index (χ1) is 22.7. The van der Waals surface area contributed by atoms with Crippen LogP contribution in [0.5, 0.6) is 0 Å². The summed E-state index contributed by atoms with van der Waals surface area (Å²) in [5, 5.41) is 18.7. The fourth-order valence-corrected chi connectivity index (χ4v) is 7.60. The molecule has 2 aliphatic heterocycles. The van der Waals surface area contributed by atoms with Crippen LogP contribution in [0.4, 0.5) is 5.82 Å². The van der Waals surface area contributed by atoms with Crippen LogP contribution in [0.15, 0.2) is 40.0 Å². The van der Waals surface area contributed by atoms with Gasteiger partial charge in [-0.15, -0.1) is 0 Å². The Kier molecular flexibility index (Phi) is 14.1. The van der Waals surface area contributed by atoms with Crippen molar-refractivity contribution in [1.29, 1.82) is 5.26 Å². The van der Waals surface area contributed by atoms with Gasteiger partial charge in [0.25, 0.3) is 11.5 Å². The first-order valence-electron chi connectivity index (χ1n) is 16.9. The first-order valence-corrected chi connectivity index (χ1v) is 18.1. The van der Waals surface area contributed by atoms with Gasteiger partial charge >= 0.3 is 5.97 Å². The molecule has 0 saturated carbocycles. The normalized spacial score (nSPS) is 16.3. The monoisotopic (exact) mass is 677 g/mol. The Labute approximate surface area is 288 Å². The number of anilines is 1. The highest BCUT2D eigenvalue weighted by molar-refractivity contribution is 8.26. The van der Waals surface area contributed by atoms with Gasteiger partial charge in [0, 0.05) is 57.8 Å². The molecule has 252 valence electrons. The number of nitriles is 1. The number of benzene rings is 1. The Morgan fingerprint density at radius 3 is 2.23 bits per heavy atom. The Morgan fingerprint density at radius 2 is 1.62 bits per heavy atom. The minimum Gasteiger partial charge on any atom is -0.481 e. The molecule has 0 radical (unpaired) electrons. The zero-order chi connectivity index (χ0) is 33.8. The van der Waals surface area contributed by atoms with Crippen molar-refractivity contribution < 1.29 is 14.7 Å². The Balaban J connectivity index is 1.46. The molecule has 0 aliphatic carbocycles. The lowest BCUT2D eigenvalue weighted by Crippen LogP contribution is -2.48. The number of thioether (sulfide) groups is 1. The van der Waals surface area contributed by atoms with Crippen molar-refractivity contribution in [3.63, 3.8) is 0 Å². The lowest BCUT2D eigenvalue weighted by atomic mass is 10.0. The van der Waals surface area contributed by atoms with E-state index in [9.17, 15) is 19.6 Å². The molecular formula is C36H47N5O4S2. The van der Waals surface area contributed by atoms with Crippen LogP contribution in [-0.2, 0) is 22.7 Å². The van der Waals surface area contributed by atoms with E-state index in [0.29, 0.717) is 27.9 Å². The summed E-state index contributed by atoms with van der Waals surface area (Å²) in [7, 11) is 0. The third-order valence-corrected chi connectivity index (χ3v) is 10.3. The maximum absolute atomic E-state index is 13.6. The molecule has 1 aromatic heterocycles. The zero-order valence-electron chi connectivity index (χ0n) is 27.7. The highest BCUT2D eigenvalue weighted by atomic mass is 32.2. The smallest absolute Gasteiger partial charge is 0.303 e. The number of carbonyl (C=O) groups is 2. The van der Waals surface area contributed by atoms with Gasteiger partial charge in [-0.1, -0.05) is 99.8 Å². The molecule has 11 heteroatoms. The van der Waals surface area contributed by atoms with Gasteiger partial charge in [-0.05, 0) is 43.4 Å². The number of unbranched alkanes of at least 4 members (excludes halogenated alkanes) is 7. The average molecular weight is 678 g/mol. The van der Waals surface area contributed by atoms with E-state index in [1.165, 1.54) is 17.3 Å². The van der Waals surface area contributed by atoms with Gasteiger partial charge in [-0.25, -0.2) is 0 Å². The Bertz CT molecular complexity index is 1540. The molecule has 2 aromatic rings. The summed E-state index contributed by atoms with van der Waals surface area (Å²) in [5.74, 6) is -0.0732. The van der Waals surface area contributed by atoms with E-state index in [-0.39, 0.29) is 23.5 Å². The molecule has 2 fully saturated rings. The van der Waals surface area contributed by atoms with E-state index >= 15 is 0 Å². The minimum absolute atomic E-state index is 0.119. The largest absolute Gasteiger partial charge is 0.481 e. The average Bonchev–Trinajstić information content (AvgIpc) is 3.32. The third-order valence-electron chi connectivity index (χ3n) is 8.89. The van der Waals surface area contributed by atoms with Crippen LogP contribution in [0.3, 0.4) is 0 Å². The summed E-state index contributed by atoms with van der Waals surface area (Å²) in [5.41, 5.74) is 2.45. The van der Waals surface area contributed by atoms with Crippen LogP contribution in [0, 0.1) is 18.3 Å². The van der Waals surface area contributed by atoms with Crippen LogP contribution in [-0.4, -0.2) is 68.4 Å². The van der Waals surface area contributed by atoms with Gasteiger partial charge in [0.05, 0.1) is 4.91 Å². The molecular weight excluding hydrogens is 631 g/mol. The second-order valence-electron chi connectivity index (χ2n) is 12.4. The number of carboxylic acid groups (broad SMARTS) is 1. The number of amides is 1. The number of piperazine rings is 1. The number of rotatable bonds is 17. The number of hydrogen-bond acceptors (Lipinski definition) is 8. The van der Waals surface area contributed by atoms with Crippen molar-refractivity contribution in [3.05, 3.63) is 67.8 Å². The Morgan fingerprint density at radius 1 is 0.979 bits per heavy atom. The highest BCUT2D eigenvalue weighted by Crippen LogP contribution is 2.36. The summed E-state index contributed by atoms with van der Waals surface area (Å²) < 4.78 is 2.27. The predicted molar refractivity (Wildman–Crippen MR) is 193 cm³/mol. The van der Waals surface area contributed by atoms with Gasteiger partial charge in [0.2, 0.25) is 0 Å². The number of pyridine rings is 1. The van der Waals surface area contributed by atoms with Gasteiger partial charge in [-0.2, -0.15) is 5.26 Å². The molecule has 2 saturated heterocycles. The van der Waals surface area contributed by atoms with Crippen LogP contribution in [0.25, 0.3) is 6.08 Å². The molecule has 2 aliphatic rings. The number of nitrogens with zero attached hydrogens (tertiary/aromatic N) is 5. The molecule has 0 spiro atoms. The minimum atomic E-state index is -0.730. The van der Waals surface area contributed by atoms with Crippen LogP contribution in [0.2, 0.25) is 0 Å². The zero-order valence-corrected chi connectivity index (χ0v) is 29.3. The maximum atomic E-state index is 13.6. The molecule has 3 heterocycles. The second kappa shape index (κ2) is 18.2. The lowest BCUT2D eigenvalue weighted by Gasteiger charge is -2.38. The molecule has 0 unspecified atom stereocenters. The molecule has 1 aromatic carbocycles. The van der Waals surface area contributed by atoms with E-state index in [4.69, 9.17) is 17.3 Å². The number of hydrogen-bond donors (Lipinski definition) is 1. The van der Waals surface area contributed by atoms with Gasteiger partial charge in [0.1, 0.15) is 21.8 Å². The lowest BCUT2D eigenvalue weighted by molar-refractivity contribution is -0.137. The molecule has 1 amide bonds. The summed E-state index contributed by atoms with van der Waals surface area (Å²) in [6.45, 7) is 8.87. The van der Waals surface area contributed by atoms with Crippen LogP contribution < -0.4 is 10.5 Å². The summed E-state index contributed by atoms with van der Waals surface area (Å²) in [6.07, 6.45) is 10.7. The fourth-order valence-electron chi connectivity index (χ4n) is 6.31. The number of aromatic nitrogens is 1. The second-order valence-corrected chi connectivity index (χ2v) is 14.0. The van der Waals surface area contributed by atoms with Crippen molar-refractivity contribution >= 4 is 52.1 Å². The number of carboxylic acids is 1. The van der Waals surface area contributed by atoms with E-state index < -0.39 is 5.97 Å². The number of aliphatic carboxylic acids is 1. The van der Waals surface area contributed by atoms with Gasteiger partial charge in [-0.3, -0.25) is 28.8 Å². The molecule has 4 rings (SSSR count). The maximum Gasteiger partial charge on any atom is 0.303 e. The number of thiocarbonyl (C=S) groups is 1. The van der Waals surface area contributed by atoms with E-state index in [1.807, 2.05) is 26.0 Å². The first kappa shape index (κ1) is 36.4. The predicted octanol–water partition coefficient (Wildman–Crippen LogP) is 6.56. The standard InChI is InChI=1S/C36H47N5O4S2/c1-3-18-40-33(39-22-20-38(21-23-39)26-28-15-11-10-12-16-28)29(27(2)30(25-37)34(40)44)24-31-35(45)41(36(46)47-31)19-14-9-7-5-4-6-8-13-17-32(42)43/h10-12,15-16,24H,3-9,13-14,17-23,26H2,1-2H3,(H,42,43). The van der Waals surface area contributed by atoms with Crippen molar-refractivity contribution in [3.8, 4) is 6.07 Å². The van der Waals surface area contributed by atoms with Crippen LogP contribution in [0.1, 0.15) is 93.4 Å². The third kappa shape index (κ3) is 9.78. The van der Waals surface area contributed by atoms with Gasteiger partial charge < -0.3 is 10.0 Å². The number of carbonyl (C=O) groups excluding carboxylic acids is 1. The molecule has 1 N–H and O–H groups in total. The van der Waals surface area contributed by atoms with E-state index in [1.54, 1.807) is 9.47 Å². The quantitative estimate of drug-likeness (QED) is 0.113. The van der Waals surface area contributed by atoms with E-state index in [2.05, 4.69) is 40.1 Å². The highest BCUT2D eigenvalue weighted by Gasteiger charge is 2.33. The SMILES string of the molecule is CCCn1c(N2CCN(Cc3ccccc3)CC2)c(C=C2SC(=S)N(CCCCCCCCCCC(=O)O)C2=O)c(C)c(C#N)c1=O. The summed E-state index contributed by atoms with van der Waals surface area (Å²) in [4.78, 5) is 44.7. The van der Waals surface area contributed by atoms with Crippen molar-refractivity contribution in [1.82, 2.24) is 14.4 Å². The molecule has 47 heavy (non-hydrogen) atoms. The summed E-state index contributed by atoms with van der Waals surface area (Å²) in [6, 6.07) is 12.6. The van der Waals surface area contributed by atoms with Crippen molar-refractivity contribution in [2.75, 3.05) is 37.6 Å². The topological polar surface area (TPSA) is 110 Å². The van der Waals surface area contributed by atoms with Gasteiger partial charge in [0.15, 0.2) is 0 Å².